The number of nitrogens with zero attached hydrogens (tertiary/aromatic N) is 2. The summed E-state index contributed by atoms with van der Waals surface area (Å²) in [6.07, 6.45) is 0. The number of halogens is 1. The Balaban J connectivity index is 2.89. The van der Waals surface area contributed by atoms with Gasteiger partial charge in [0.25, 0.3) is 0 Å². The Morgan fingerprint density at radius 2 is 2.12 bits per heavy atom. The topological polar surface area (TPSA) is 57.7 Å². The zero-order chi connectivity index (χ0) is 12.5. The molecule has 1 rings (SSSR count). The molecule has 1 amide bonds. The average molecular weight is 267 g/mol. The Bertz CT molecular complexity index is 407. The lowest BCUT2D eigenvalue weighted by atomic mass is 10.2. The molecule has 0 spiro atoms. The van der Waals surface area contributed by atoms with Crippen LogP contribution in [0.1, 0.15) is 6.92 Å². The third-order valence-corrected chi connectivity index (χ3v) is 4.74. The van der Waals surface area contributed by atoms with Crippen LogP contribution in [0.5, 0.6) is 0 Å². The Labute approximate surface area is 101 Å². The number of piperazine rings is 1. The first kappa shape index (κ1) is 13.5. The van der Waals surface area contributed by atoms with Gasteiger partial charge in [0, 0.05) is 25.2 Å². The largest absolute Gasteiger partial charge is 0.343 e. The van der Waals surface area contributed by atoms with Gasteiger partial charge < -0.3 is 4.90 Å². The van der Waals surface area contributed by atoms with Crippen molar-refractivity contribution in [2.75, 3.05) is 25.9 Å². The first-order valence-electron chi connectivity index (χ1n) is 4.83. The maximum Gasteiger partial charge on any atom is 0.240 e. The molecule has 0 aromatic heterocycles. The van der Waals surface area contributed by atoms with Crippen LogP contribution in [0.4, 0.5) is 0 Å². The van der Waals surface area contributed by atoms with Crippen molar-refractivity contribution in [2.45, 2.75) is 13.0 Å². The fourth-order valence-corrected chi connectivity index (χ4v) is 3.56. The summed E-state index contributed by atoms with van der Waals surface area (Å²) in [6.45, 7) is 5.64. The van der Waals surface area contributed by atoms with Gasteiger partial charge in [0.15, 0.2) is 0 Å². The molecule has 1 heterocycles. The molecule has 92 valence electrons. The quantitative estimate of drug-likeness (QED) is 0.735. The SMILES string of the molecule is C=C(Cl)CS(=O)(=O)N1CCN(C)C(=O)C1C. The van der Waals surface area contributed by atoms with Crippen molar-refractivity contribution < 1.29 is 13.2 Å². The third kappa shape index (κ3) is 2.75. The fraction of sp³-hybridized carbons (Fsp3) is 0.667. The van der Waals surface area contributed by atoms with E-state index in [0.717, 1.165) is 0 Å². The summed E-state index contributed by atoms with van der Waals surface area (Å²) >= 11 is 5.50. The minimum Gasteiger partial charge on any atom is -0.343 e. The molecule has 0 aromatic carbocycles. The lowest BCUT2D eigenvalue weighted by Gasteiger charge is -2.36. The van der Waals surface area contributed by atoms with Crippen LogP contribution in [0.25, 0.3) is 0 Å². The fourth-order valence-electron chi connectivity index (χ4n) is 1.66. The molecule has 0 aliphatic carbocycles. The second-order valence-corrected chi connectivity index (χ2v) is 6.28. The monoisotopic (exact) mass is 266 g/mol. The second kappa shape index (κ2) is 4.73. The summed E-state index contributed by atoms with van der Waals surface area (Å²) in [7, 11) is -1.88. The van der Waals surface area contributed by atoms with Crippen LogP contribution >= 0.6 is 11.6 Å². The highest BCUT2D eigenvalue weighted by molar-refractivity contribution is 7.89. The molecule has 0 saturated carbocycles. The van der Waals surface area contributed by atoms with Crippen LogP contribution in [-0.4, -0.2) is 55.5 Å². The van der Waals surface area contributed by atoms with Gasteiger partial charge in [-0.05, 0) is 6.92 Å². The molecular weight excluding hydrogens is 252 g/mol. The zero-order valence-corrected chi connectivity index (χ0v) is 10.9. The summed E-state index contributed by atoms with van der Waals surface area (Å²) < 4.78 is 24.9. The van der Waals surface area contributed by atoms with Crippen LogP contribution in [0.3, 0.4) is 0 Å². The molecule has 1 atom stereocenters. The molecule has 0 aromatic rings. The van der Waals surface area contributed by atoms with Gasteiger partial charge in [-0.25, -0.2) is 8.42 Å². The molecule has 1 aliphatic rings. The average Bonchev–Trinajstić information content (AvgIpc) is 2.11. The van der Waals surface area contributed by atoms with E-state index in [4.69, 9.17) is 11.6 Å². The van der Waals surface area contributed by atoms with E-state index in [2.05, 4.69) is 6.58 Å². The third-order valence-electron chi connectivity index (χ3n) is 2.52. The van der Waals surface area contributed by atoms with E-state index in [1.807, 2.05) is 0 Å². The Morgan fingerprint density at radius 1 is 1.56 bits per heavy atom. The smallest absolute Gasteiger partial charge is 0.240 e. The van der Waals surface area contributed by atoms with E-state index in [1.165, 1.54) is 9.21 Å². The number of hydrogen-bond donors (Lipinski definition) is 0. The predicted octanol–water partition coefficient (Wildman–Crippen LogP) is 0.231. The summed E-state index contributed by atoms with van der Waals surface area (Å²) in [5, 5.41) is 0.0542. The Morgan fingerprint density at radius 3 is 2.62 bits per heavy atom. The zero-order valence-electron chi connectivity index (χ0n) is 9.31. The number of likely N-dealkylation sites (N-methyl/N-ethyl adjacent to an activating group) is 1. The summed E-state index contributed by atoms with van der Waals surface area (Å²) in [4.78, 5) is 13.2. The van der Waals surface area contributed by atoms with Gasteiger partial charge in [-0.1, -0.05) is 18.2 Å². The molecule has 1 unspecified atom stereocenters. The number of carbonyl (C=O) groups is 1. The minimum absolute atomic E-state index is 0.0542. The lowest BCUT2D eigenvalue weighted by Crippen LogP contribution is -2.56. The van der Waals surface area contributed by atoms with Gasteiger partial charge in [0.1, 0.15) is 6.04 Å². The summed E-state index contributed by atoms with van der Waals surface area (Å²) in [5.74, 6) is -0.523. The maximum absolute atomic E-state index is 11.9. The van der Waals surface area contributed by atoms with Crippen LogP contribution < -0.4 is 0 Å². The van der Waals surface area contributed by atoms with Crippen molar-refractivity contribution in [1.29, 1.82) is 0 Å². The number of rotatable bonds is 3. The normalized spacial score (nSPS) is 23.6. The van der Waals surface area contributed by atoms with Crippen molar-refractivity contribution in [3.8, 4) is 0 Å². The van der Waals surface area contributed by atoms with Crippen LogP contribution in [0, 0.1) is 0 Å². The van der Waals surface area contributed by atoms with Crippen LogP contribution in [0.2, 0.25) is 0 Å². The van der Waals surface area contributed by atoms with Gasteiger partial charge in [-0.3, -0.25) is 4.79 Å². The summed E-state index contributed by atoms with van der Waals surface area (Å²) in [5.41, 5.74) is 0. The molecule has 1 saturated heterocycles. The van der Waals surface area contributed by atoms with Gasteiger partial charge in [0.05, 0.1) is 5.75 Å². The molecule has 0 N–H and O–H groups in total. The molecule has 5 nitrogen and oxygen atoms in total. The number of amides is 1. The predicted molar refractivity (Wildman–Crippen MR) is 62.6 cm³/mol. The number of sulfonamides is 1. The molecule has 0 bridgehead atoms. The molecule has 1 aliphatic heterocycles. The Kier molecular flexibility index (Phi) is 3.98. The second-order valence-electron chi connectivity index (χ2n) is 3.82. The molecule has 1 fully saturated rings. The van der Waals surface area contributed by atoms with Crippen molar-refractivity contribution in [3.63, 3.8) is 0 Å². The first-order chi connectivity index (χ1) is 7.25. The van der Waals surface area contributed by atoms with Gasteiger partial charge in [-0.2, -0.15) is 4.31 Å². The van der Waals surface area contributed by atoms with E-state index in [9.17, 15) is 13.2 Å². The van der Waals surface area contributed by atoms with E-state index in [-0.39, 0.29) is 16.7 Å². The highest BCUT2D eigenvalue weighted by Crippen LogP contribution is 2.17. The molecule has 16 heavy (non-hydrogen) atoms. The number of carbonyl (C=O) groups excluding carboxylic acids is 1. The molecule has 7 heteroatoms. The van der Waals surface area contributed by atoms with Gasteiger partial charge >= 0.3 is 0 Å². The minimum atomic E-state index is -3.53. The van der Waals surface area contributed by atoms with Crippen LogP contribution in [0.15, 0.2) is 11.6 Å². The van der Waals surface area contributed by atoms with Crippen molar-refractivity contribution in [1.82, 2.24) is 9.21 Å². The lowest BCUT2D eigenvalue weighted by molar-refractivity contribution is -0.136. The first-order valence-corrected chi connectivity index (χ1v) is 6.82. The summed E-state index contributed by atoms with van der Waals surface area (Å²) in [6, 6.07) is -0.667. The van der Waals surface area contributed by atoms with Crippen molar-refractivity contribution >= 4 is 27.5 Å². The van der Waals surface area contributed by atoms with E-state index >= 15 is 0 Å². The van der Waals surface area contributed by atoms with Gasteiger partial charge in [0.2, 0.25) is 15.9 Å². The van der Waals surface area contributed by atoms with Crippen LogP contribution in [-0.2, 0) is 14.8 Å². The van der Waals surface area contributed by atoms with E-state index in [1.54, 1.807) is 14.0 Å². The highest BCUT2D eigenvalue weighted by Gasteiger charge is 2.36. The number of hydrogen-bond acceptors (Lipinski definition) is 3. The van der Waals surface area contributed by atoms with Gasteiger partial charge in [-0.15, -0.1) is 0 Å². The Hall–Kier alpha value is -0.590. The molecular formula is C9H15ClN2O3S. The molecule has 0 radical (unpaired) electrons. The van der Waals surface area contributed by atoms with E-state index in [0.29, 0.717) is 13.1 Å². The van der Waals surface area contributed by atoms with Crippen molar-refractivity contribution in [3.05, 3.63) is 11.6 Å². The van der Waals surface area contributed by atoms with Crippen molar-refractivity contribution in [2.24, 2.45) is 0 Å². The maximum atomic E-state index is 11.9. The highest BCUT2D eigenvalue weighted by atomic mass is 35.5. The standard InChI is InChI=1S/C9H15ClN2O3S/c1-7(10)6-16(14,15)12-5-4-11(3)9(13)8(12)2/h8H,1,4-6H2,2-3H3. The van der Waals surface area contributed by atoms with E-state index < -0.39 is 16.1 Å².